The molecule has 0 saturated carbocycles. The van der Waals surface area contributed by atoms with Crippen LogP contribution in [0.2, 0.25) is 0 Å². The first-order valence-electron chi connectivity index (χ1n) is 10.5. The number of likely N-dealkylation sites (tertiary alicyclic amines) is 1. The van der Waals surface area contributed by atoms with Gasteiger partial charge in [-0.3, -0.25) is 14.5 Å². The van der Waals surface area contributed by atoms with Gasteiger partial charge in [-0.05, 0) is 43.5 Å². The van der Waals surface area contributed by atoms with Crippen molar-refractivity contribution >= 4 is 16.7 Å². The third kappa shape index (κ3) is 2.98. The van der Waals surface area contributed by atoms with Gasteiger partial charge in [-0.15, -0.1) is 0 Å². The van der Waals surface area contributed by atoms with Gasteiger partial charge in [-0.25, -0.2) is 0 Å². The summed E-state index contributed by atoms with van der Waals surface area (Å²) >= 11 is 0. The van der Waals surface area contributed by atoms with Crippen LogP contribution in [0.1, 0.15) is 34.1 Å². The Kier molecular flexibility index (Phi) is 4.54. The van der Waals surface area contributed by atoms with E-state index in [0.717, 1.165) is 59.7 Å². The Morgan fingerprint density at radius 2 is 2.00 bits per heavy atom. The number of hydrogen-bond acceptors (Lipinski definition) is 4. The second kappa shape index (κ2) is 7.13. The van der Waals surface area contributed by atoms with Gasteiger partial charge in [0.25, 0.3) is 5.56 Å². The van der Waals surface area contributed by atoms with E-state index in [0.29, 0.717) is 18.4 Å². The van der Waals surface area contributed by atoms with Crippen LogP contribution in [0.15, 0.2) is 41.2 Å². The van der Waals surface area contributed by atoms with Crippen LogP contribution in [0.4, 0.5) is 0 Å². The number of nitrogens with zero attached hydrogens (tertiary/aromatic N) is 3. The first-order chi connectivity index (χ1) is 14.5. The monoisotopic (exact) mass is 405 g/mol. The predicted octanol–water partition coefficient (Wildman–Crippen LogP) is 2.96. The third-order valence-electron chi connectivity index (χ3n) is 6.90. The van der Waals surface area contributed by atoms with Crippen molar-refractivity contribution in [3.63, 3.8) is 0 Å². The van der Waals surface area contributed by atoms with E-state index >= 15 is 0 Å². The van der Waals surface area contributed by atoms with E-state index in [1.807, 2.05) is 42.8 Å². The highest BCUT2D eigenvalue weighted by atomic mass is 16.5. The second-order valence-corrected chi connectivity index (χ2v) is 8.72. The van der Waals surface area contributed by atoms with Gasteiger partial charge < -0.3 is 13.9 Å². The van der Waals surface area contributed by atoms with Crippen molar-refractivity contribution in [3.8, 4) is 5.75 Å². The number of aromatic nitrogens is 2. The molecule has 156 valence electrons. The molecule has 6 heteroatoms. The average Bonchev–Trinajstić information content (AvgIpc) is 2.98. The molecule has 2 unspecified atom stereocenters. The van der Waals surface area contributed by atoms with Crippen LogP contribution in [0.25, 0.3) is 10.9 Å². The largest absolute Gasteiger partial charge is 0.497 e. The number of pyridine rings is 1. The topological polar surface area (TPSA) is 56.5 Å². The molecule has 3 aromatic rings. The maximum atomic E-state index is 13.4. The summed E-state index contributed by atoms with van der Waals surface area (Å²) in [5.74, 6) is 1.64. The number of piperidine rings is 1. The Morgan fingerprint density at radius 1 is 1.17 bits per heavy atom. The van der Waals surface area contributed by atoms with Crippen molar-refractivity contribution in [1.82, 2.24) is 14.0 Å². The maximum Gasteiger partial charge on any atom is 0.250 e. The second-order valence-electron chi connectivity index (χ2n) is 8.72. The van der Waals surface area contributed by atoms with E-state index in [4.69, 9.17) is 4.74 Å². The summed E-state index contributed by atoms with van der Waals surface area (Å²) < 4.78 is 9.40. The SMILES string of the molecule is COc1ccc2c(c1)c(C(=O)CN1CC3CC(C1)c1cccc(=O)n1C3)c(C)n2C. The standard InChI is InChI=1S/C24H27N3O3/c1-15-24(19-10-18(30-3)7-8-21(19)25(15)2)22(28)14-26-11-16-9-17(13-26)20-5-4-6-23(29)27(20)12-16/h4-8,10,16-17H,9,11-14H2,1-3H3. The molecule has 2 aliphatic rings. The molecule has 1 fully saturated rings. The summed E-state index contributed by atoms with van der Waals surface area (Å²) in [5, 5.41) is 0.952. The Balaban J connectivity index is 1.43. The van der Waals surface area contributed by atoms with Gasteiger partial charge in [-0.1, -0.05) is 6.07 Å². The van der Waals surface area contributed by atoms with Crippen molar-refractivity contribution in [2.45, 2.75) is 25.8 Å². The molecule has 0 spiro atoms. The fraction of sp³-hybridized carbons (Fsp3) is 0.417. The molecule has 0 amide bonds. The number of carbonyl (C=O) groups excluding carboxylic acids is 1. The molecule has 0 N–H and O–H groups in total. The van der Waals surface area contributed by atoms with Crippen molar-refractivity contribution in [3.05, 3.63) is 63.7 Å². The van der Waals surface area contributed by atoms with Crippen LogP contribution < -0.4 is 10.3 Å². The zero-order chi connectivity index (χ0) is 21.0. The number of ether oxygens (including phenoxy) is 1. The summed E-state index contributed by atoms with van der Waals surface area (Å²) in [5.41, 5.74) is 4.02. The van der Waals surface area contributed by atoms with Crippen LogP contribution in [-0.4, -0.2) is 46.6 Å². The molecule has 2 atom stereocenters. The molecule has 6 nitrogen and oxygen atoms in total. The number of methoxy groups -OCH3 is 1. The highest BCUT2D eigenvalue weighted by Crippen LogP contribution is 2.35. The minimum Gasteiger partial charge on any atom is -0.497 e. The Morgan fingerprint density at radius 3 is 2.80 bits per heavy atom. The lowest BCUT2D eigenvalue weighted by Crippen LogP contribution is -2.48. The van der Waals surface area contributed by atoms with E-state index in [-0.39, 0.29) is 11.3 Å². The van der Waals surface area contributed by atoms with Crippen LogP contribution in [0.3, 0.4) is 0 Å². The van der Waals surface area contributed by atoms with Crippen LogP contribution >= 0.6 is 0 Å². The maximum absolute atomic E-state index is 13.4. The predicted molar refractivity (Wildman–Crippen MR) is 117 cm³/mol. The van der Waals surface area contributed by atoms with Gasteiger partial charge >= 0.3 is 0 Å². The van der Waals surface area contributed by atoms with Gasteiger partial charge in [0.2, 0.25) is 0 Å². The molecular weight excluding hydrogens is 378 g/mol. The van der Waals surface area contributed by atoms with Gasteiger partial charge in [0.15, 0.2) is 5.78 Å². The third-order valence-corrected chi connectivity index (χ3v) is 6.90. The first kappa shape index (κ1) is 19.1. The molecule has 1 saturated heterocycles. The summed E-state index contributed by atoms with van der Waals surface area (Å²) in [6.07, 6.45) is 1.10. The number of carbonyl (C=O) groups is 1. The van der Waals surface area contributed by atoms with E-state index in [9.17, 15) is 9.59 Å². The molecule has 0 aliphatic carbocycles. The molecule has 4 heterocycles. The Bertz CT molecular complexity index is 1210. The van der Waals surface area contributed by atoms with Gasteiger partial charge in [0.05, 0.1) is 13.7 Å². The highest BCUT2D eigenvalue weighted by Gasteiger charge is 2.35. The highest BCUT2D eigenvalue weighted by molar-refractivity contribution is 6.10. The minimum atomic E-state index is 0.0899. The molecule has 1 aromatic carbocycles. The molecule has 2 aliphatic heterocycles. The average molecular weight is 405 g/mol. The molecular formula is C24H27N3O3. The number of hydrogen-bond donors (Lipinski definition) is 0. The first-order valence-corrected chi connectivity index (χ1v) is 10.5. The van der Waals surface area contributed by atoms with E-state index in [2.05, 4.69) is 15.5 Å². The van der Waals surface area contributed by atoms with Crippen LogP contribution in [-0.2, 0) is 13.6 Å². The smallest absolute Gasteiger partial charge is 0.250 e. The van der Waals surface area contributed by atoms with Crippen molar-refractivity contribution in [1.29, 1.82) is 0 Å². The number of benzene rings is 1. The summed E-state index contributed by atoms with van der Waals surface area (Å²) in [6, 6.07) is 11.5. The number of ketones is 1. The Hall–Kier alpha value is -2.86. The summed E-state index contributed by atoms with van der Waals surface area (Å²) in [4.78, 5) is 27.9. The fourth-order valence-corrected chi connectivity index (χ4v) is 5.44. The van der Waals surface area contributed by atoms with Gasteiger partial charge in [-0.2, -0.15) is 0 Å². The lowest BCUT2D eigenvalue weighted by atomic mass is 9.83. The zero-order valence-corrected chi connectivity index (χ0v) is 17.7. The van der Waals surface area contributed by atoms with Crippen LogP contribution in [0.5, 0.6) is 5.75 Å². The minimum absolute atomic E-state index is 0.0899. The van der Waals surface area contributed by atoms with Crippen molar-refractivity contribution in [2.75, 3.05) is 26.7 Å². The molecule has 2 bridgehead atoms. The molecule has 0 radical (unpaired) electrons. The van der Waals surface area contributed by atoms with E-state index in [1.165, 1.54) is 0 Å². The number of fused-ring (bicyclic) bond motifs is 5. The quantitative estimate of drug-likeness (QED) is 0.627. The van der Waals surface area contributed by atoms with E-state index < -0.39 is 0 Å². The normalized spacial score (nSPS) is 20.9. The van der Waals surface area contributed by atoms with Crippen molar-refractivity contribution in [2.24, 2.45) is 13.0 Å². The fourth-order valence-electron chi connectivity index (χ4n) is 5.44. The molecule has 2 aromatic heterocycles. The van der Waals surface area contributed by atoms with Crippen LogP contribution in [0, 0.1) is 12.8 Å². The lowest BCUT2D eigenvalue weighted by Gasteiger charge is -2.42. The Labute approximate surface area is 175 Å². The lowest BCUT2D eigenvalue weighted by molar-refractivity contribution is 0.0818. The molecule has 30 heavy (non-hydrogen) atoms. The van der Waals surface area contributed by atoms with Crippen molar-refractivity contribution < 1.29 is 9.53 Å². The van der Waals surface area contributed by atoms with E-state index in [1.54, 1.807) is 13.2 Å². The summed E-state index contributed by atoms with van der Waals surface area (Å²) in [7, 11) is 3.65. The summed E-state index contributed by atoms with van der Waals surface area (Å²) in [6.45, 7) is 4.84. The number of aryl methyl sites for hydroxylation is 1. The van der Waals surface area contributed by atoms with Gasteiger partial charge in [0.1, 0.15) is 5.75 Å². The van der Waals surface area contributed by atoms with Gasteiger partial charge in [0, 0.05) is 66.5 Å². The number of Topliss-reactive ketones (excluding diaryl/α,β-unsaturated/α-hetero) is 1. The number of rotatable bonds is 4. The zero-order valence-electron chi connectivity index (χ0n) is 17.7. The molecule has 5 rings (SSSR count).